The van der Waals surface area contributed by atoms with Crippen molar-refractivity contribution < 1.29 is 8.78 Å². The summed E-state index contributed by atoms with van der Waals surface area (Å²) in [6, 6.07) is 0.885. The lowest BCUT2D eigenvalue weighted by Gasteiger charge is -2.01. The highest BCUT2D eigenvalue weighted by molar-refractivity contribution is 6.43. The lowest BCUT2D eigenvalue weighted by Crippen LogP contribution is -1.95. The lowest BCUT2D eigenvalue weighted by molar-refractivity contribution is 0.547. The molecular formula is C6H2Cl3F2N. The van der Waals surface area contributed by atoms with E-state index in [1.54, 1.807) is 0 Å². The molecule has 0 aromatic carbocycles. The molecule has 0 aliphatic carbocycles. The van der Waals surface area contributed by atoms with Gasteiger partial charge in [0.1, 0.15) is 15.7 Å². The van der Waals surface area contributed by atoms with Crippen LogP contribution in [-0.4, -0.2) is 4.98 Å². The highest BCUT2D eigenvalue weighted by Gasteiger charge is 2.13. The Hall–Kier alpha value is -0.120. The molecule has 0 N–H and O–H groups in total. The Bertz CT molecular complexity index is 280. The summed E-state index contributed by atoms with van der Waals surface area (Å²) in [5.74, 6) is -2.04. The maximum Gasteiger partial charge on any atom is 0.234 e. The van der Waals surface area contributed by atoms with Crippen molar-refractivity contribution in [3.63, 3.8) is 0 Å². The van der Waals surface area contributed by atoms with E-state index in [9.17, 15) is 8.78 Å². The van der Waals surface area contributed by atoms with Crippen LogP contribution in [0.15, 0.2) is 6.07 Å². The quantitative estimate of drug-likeness (QED) is 0.533. The van der Waals surface area contributed by atoms with E-state index < -0.39 is 21.6 Å². The molecule has 0 amide bonds. The zero-order valence-corrected chi connectivity index (χ0v) is 7.76. The smallest absolute Gasteiger partial charge is 0.220 e. The minimum atomic E-state index is -1.11. The molecule has 0 spiro atoms. The first kappa shape index (κ1) is 9.96. The van der Waals surface area contributed by atoms with E-state index in [4.69, 9.17) is 34.8 Å². The van der Waals surface area contributed by atoms with Crippen molar-refractivity contribution in [2.45, 2.75) is 4.84 Å². The maximum absolute atomic E-state index is 12.7. The number of pyridine rings is 1. The van der Waals surface area contributed by atoms with Gasteiger partial charge in [-0.05, 0) is 6.07 Å². The molecule has 1 aromatic rings. The summed E-state index contributed by atoms with van der Waals surface area (Å²) in [7, 11) is 0. The molecule has 1 aromatic heterocycles. The minimum Gasteiger partial charge on any atom is -0.220 e. The van der Waals surface area contributed by atoms with Gasteiger partial charge < -0.3 is 0 Å². The molecule has 1 nitrogen and oxygen atoms in total. The van der Waals surface area contributed by atoms with Crippen molar-refractivity contribution in [2.75, 3.05) is 0 Å². The van der Waals surface area contributed by atoms with E-state index in [-0.39, 0.29) is 5.69 Å². The van der Waals surface area contributed by atoms with Crippen LogP contribution in [0.5, 0.6) is 0 Å². The van der Waals surface area contributed by atoms with E-state index in [2.05, 4.69) is 4.98 Å². The van der Waals surface area contributed by atoms with Gasteiger partial charge in [-0.3, -0.25) is 0 Å². The number of alkyl halides is 2. The fourth-order valence-corrected chi connectivity index (χ4v) is 0.919. The lowest BCUT2D eigenvalue weighted by atomic mass is 10.3. The highest BCUT2D eigenvalue weighted by atomic mass is 35.5. The Balaban J connectivity index is 3.21. The number of halogens is 5. The van der Waals surface area contributed by atoms with Crippen LogP contribution in [0.3, 0.4) is 0 Å². The second-order valence-corrected chi connectivity index (χ2v) is 3.41. The summed E-state index contributed by atoms with van der Waals surface area (Å²) in [6.07, 6.45) is 0. The average Bonchev–Trinajstić information content (AvgIpc) is 1.99. The first-order chi connectivity index (χ1) is 5.52. The average molecular weight is 232 g/mol. The Kier molecular flexibility index (Phi) is 3.09. The van der Waals surface area contributed by atoms with E-state index in [1.165, 1.54) is 0 Å². The van der Waals surface area contributed by atoms with Crippen molar-refractivity contribution in [3.8, 4) is 0 Å². The number of rotatable bonds is 1. The first-order valence-corrected chi connectivity index (χ1v) is 4.07. The summed E-state index contributed by atoms with van der Waals surface area (Å²) < 4.78 is 25.3. The van der Waals surface area contributed by atoms with Gasteiger partial charge in [-0.15, -0.1) is 0 Å². The van der Waals surface area contributed by atoms with Gasteiger partial charge in [0.25, 0.3) is 0 Å². The summed E-state index contributed by atoms with van der Waals surface area (Å²) >= 11 is 15.8. The van der Waals surface area contributed by atoms with Gasteiger partial charge in [0, 0.05) is 0 Å². The third-order valence-electron chi connectivity index (χ3n) is 1.12. The van der Waals surface area contributed by atoms with Gasteiger partial charge in [0.15, 0.2) is 0 Å². The number of nitrogens with zero attached hydrogens (tertiary/aromatic N) is 1. The Morgan fingerprint density at radius 1 is 1.33 bits per heavy atom. The topological polar surface area (TPSA) is 12.9 Å². The molecule has 0 bridgehead atoms. The molecule has 1 rings (SSSR count). The zero-order chi connectivity index (χ0) is 9.30. The molecule has 0 aliphatic heterocycles. The third kappa shape index (κ3) is 1.97. The van der Waals surface area contributed by atoms with Crippen LogP contribution in [-0.2, 0) is 0 Å². The molecule has 66 valence electrons. The largest absolute Gasteiger partial charge is 0.234 e. The van der Waals surface area contributed by atoms with Crippen LogP contribution >= 0.6 is 34.8 Å². The fourth-order valence-electron chi connectivity index (χ4n) is 0.598. The van der Waals surface area contributed by atoms with Gasteiger partial charge in [-0.1, -0.05) is 34.8 Å². The first-order valence-electron chi connectivity index (χ1n) is 2.82. The van der Waals surface area contributed by atoms with Crippen LogP contribution in [0.1, 0.15) is 10.5 Å². The normalized spacial score (nSPS) is 10.8. The number of hydrogen-bond donors (Lipinski definition) is 0. The summed E-state index contributed by atoms with van der Waals surface area (Å²) in [4.78, 5) is 2.17. The molecule has 0 radical (unpaired) electrons. The molecule has 0 atom stereocenters. The van der Waals surface area contributed by atoms with Crippen LogP contribution in [0.4, 0.5) is 8.78 Å². The van der Waals surface area contributed by atoms with E-state index in [1.807, 2.05) is 0 Å². The van der Waals surface area contributed by atoms with Crippen LogP contribution in [0.25, 0.3) is 0 Å². The molecule has 0 saturated carbocycles. The highest BCUT2D eigenvalue weighted by Crippen LogP contribution is 2.26. The standard InChI is InChI=1S/C6H2Cl3F2N/c7-4-2(10)1-3(5(8)9)12-6(4)11/h1,5H. The second kappa shape index (κ2) is 3.73. The fraction of sp³-hybridized carbons (Fsp3) is 0.167. The number of hydrogen-bond acceptors (Lipinski definition) is 1. The van der Waals surface area contributed by atoms with Gasteiger partial charge in [-0.2, -0.15) is 4.39 Å². The van der Waals surface area contributed by atoms with Crippen molar-refractivity contribution in [2.24, 2.45) is 0 Å². The molecule has 0 aliphatic rings. The SMILES string of the molecule is Fc1cc(C(Cl)Cl)nc(F)c1Cl. The zero-order valence-electron chi connectivity index (χ0n) is 5.49. The van der Waals surface area contributed by atoms with Crippen LogP contribution in [0, 0.1) is 11.8 Å². The Morgan fingerprint density at radius 2 is 1.92 bits per heavy atom. The predicted molar refractivity (Wildman–Crippen MR) is 43.6 cm³/mol. The monoisotopic (exact) mass is 231 g/mol. The molecule has 1 heterocycles. The summed E-state index contributed by atoms with van der Waals surface area (Å²) in [5, 5.41) is -0.660. The summed E-state index contributed by atoms with van der Waals surface area (Å²) in [5.41, 5.74) is -0.0993. The molecular weight excluding hydrogens is 230 g/mol. The molecule has 0 fully saturated rings. The van der Waals surface area contributed by atoms with Crippen molar-refractivity contribution in [3.05, 3.63) is 28.5 Å². The van der Waals surface area contributed by atoms with Crippen LogP contribution < -0.4 is 0 Å². The predicted octanol–water partition coefficient (Wildman–Crippen LogP) is 3.49. The van der Waals surface area contributed by atoms with E-state index in [0.29, 0.717) is 0 Å². The van der Waals surface area contributed by atoms with E-state index in [0.717, 1.165) is 6.07 Å². The Morgan fingerprint density at radius 3 is 2.33 bits per heavy atom. The number of aromatic nitrogens is 1. The second-order valence-electron chi connectivity index (χ2n) is 1.93. The van der Waals surface area contributed by atoms with Gasteiger partial charge in [-0.25, -0.2) is 9.37 Å². The Labute approximate surface area is 82.3 Å². The van der Waals surface area contributed by atoms with Crippen molar-refractivity contribution in [1.29, 1.82) is 0 Å². The van der Waals surface area contributed by atoms with Gasteiger partial charge >= 0.3 is 0 Å². The third-order valence-corrected chi connectivity index (χ3v) is 1.90. The van der Waals surface area contributed by atoms with Gasteiger partial charge in [0.2, 0.25) is 5.95 Å². The molecule has 6 heteroatoms. The molecule has 0 saturated heterocycles. The van der Waals surface area contributed by atoms with Crippen LogP contribution in [0.2, 0.25) is 5.02 Å². The van der Waals surface area contributed by atoms with E-state index >= 15 is 0 Å². The van der Waals surface area contributed by atoms with Crippen molar-refractivity contribution >= 4 is 34.8 Å². The maximum atomic E-state index is 12.7. The minimum absolute atomic E-state index is 0.0993. The van der Waals surface area contributed by atoms with Crippen molar-refractivity contribution in [1.82, 2.24) is 4.98 Å². The molecule has 12 heavy (non-hydrogen) atoms. The van der Waals surface area contributed by atoms with Gasteiger partial charge in [0.05, 0.1) is 5.69 Å². The summed E-state index contributed by atoms with van der Waals surface area (Å²) in [6.45, 7) is 0. The molecule has 0 unspecified atom stereocenters.